The van der Waals surface area contributed by atoms with E-state index in [9.17, 15) is 4.79 Å². The number of benzene rings is 1. The average molecular weight is 288 g/mol. The Bertz CT molecular complexity index is 568. The molecule has 6 heteroatoms. The van der Waals surface area contributed by atoms with Gasteiger partial charge in [-0.1, -0.05) is 47.7 Å². The van der Waals surface area contributed by atoms with Crippen molar-refractivity contribution in [2.45, 2.75) is 6.42 Å². The Balaban J connectivity index is 1.83. The van der Waals surface area contributed by atoms with E-state index in [1.165, 1.54) is 16.9 Å². The van der Waals surface area contributed by atoms with E-state index in [2.05, 4.69) is 39.5 Å². The number of carbonyl (C=O) groups excluding carboxylic acids is 1. The molecule has 2 aromatic rings. The smallest absolute Gasteiger partial charge is 0.239 e. The van der Waals surface area contributed by atoms with Gasteiger partial charge in [0.25, 0.3) is 0 Å². The van der Waals surface area contributed by atoms with Crippen LogP contribution in [-0.4, -0.2) is 29.2 Å². The number of rotatable bonds is 7. The van der Waals surface area contributed by atoms with Crippen molar-refractivity contribution in [2.75, 3.05) is 18.4 Å². The number of aromatic nitrogens is 2. The van der Waals surface area contributed by atoms with E-state index in [-0.39, 0.29) is 12.5 Å². The lowest BCUT2D eigenvalue weighted by atomic mass is 10.2. The number of hydrogen-bond donors (Lipinski definition) is 2. The Morgan fingerprint density at radius 1 is 1.30 bits per heavy atom. The highest BCUT2D eigenvalue weighted by atomic mass is 32.1. The number of nitrogens with one attached hydrogen (secondary N) is 2. The molecule has 0 aliphatic rings. The first kappa shape index (κ1) is 14.2. The fourth-order valence-electron chi connectivity index (χ4n) is 1.57. The third-order valence-corrected chi connectivity index (χ3v) is 3.39. The van der Waals surface area contributed by atoms with Crippen LogP contribution in [0.1, 0.15) is 10.6 Å². The van der Waals surface area contributed by atoms with Gasteiger partial charge in [0.2, 0.25) is 11.0 Å². The summed E-state index contributed by atoms with van der Waals surface area (Å²) in [6, 6.07) is 10.1. The maximum absolute atomic E-state index is 11.4. The Labute approximate surface area is 121 Å². The standard InChI is InChI=1S/C14H16N4OS/c1-2-8-15-12(19)10-16-14-18-17-13(20-14)9-11-6-4-3-5-7-11/h2-7H,1,8-10H2,(H,15,19)(H,16,18). The van der Waals surface area contributed by atoms with Gasteiger partial charge in [-0.3, -0.25) is 4.79 Å². The molecule has 104 valence electrons. The van der Waals surface area contributed by atoms with Gasteiger partial charge in [-0.2, -0.15) is 0 Å². The molecule has 0 aliphatic carbocycles. The van der Waals surface area contributed by atoms with Gasteiger partial charge in [-0.05, 0) is 5.56 Å². The molecule has 0 spiro atoms. The van der Waals surface area contributed by atoms with E-state index in [0.29, 0.717) is 11.7 Å². The van der Waals surface area contributed by atoms with Crippen molar-refractivity contribution in [3.05, 3.63) is 53.6 Å². The number of anilines is 1. The molecule has 20 heavy (non-hydrogen) atoms. The molecule has 1 amide bonds. The number of hydrogen-bond acceptors (Lipinski definition) is 5. The monoisotopic (exact) mass is 288 g/mol. The van der Waals surface area contributed by atoms with Crippen molar-refractivity contribution in [3.8, 4) is 0 Å². The van der Waals surface area contributed by atoms with Gasteiger partial charge >= 0.3 is 0 Å². The van der Waals surface area contributed by atoms with Crippen molar-refractivity contribution >= 4 is 22.4 Å². The predicted octanol–water partition coefficient (Wildman–Crippen LogP) is 1.84. The first-order valence-corrected chi connectivity index (χ1v) is 7.07. The fraction of sp³-hybridized carbons (Fsp3) is 0.214. The summed E-state index contributed by atoms with van der Waals surface area (Å²) in [5.41, 5.74) is 1.19. The van der Waals surface area contributed by atoms with E-state index in [0.717, 1.165) is 11.4 Å². The molecule has 0 aliphatic heterocycles. The molecule has 0 bridgehead atoms. The minimum absolute atomic E-state index is 0.0929. The van der Waals surface area contributed by atoms with Crippen LogP contribution < -0.4 is 10.6 Å². The van der Waals surface area contributed by atoms with E-state index >= 15 is 0 Å². The highest BCUT2D eigenvalue weighted by molar-refractivity contribution is 7.15. The lowest BCUT2D eigenvalue weighted by Crippen LogP contribution is -2.29. The second-order valence-corrected chi connectivity index (χ2v) is 5.17. The van der Waals surface area contributed by atoms with Gasteiger partial charge in [0, 0.05) is 13.0 Å². The minimum atomic E-state index is -0.0929. The summed E-state index contributed by atoms with van der Waals surface area (Å²) in [6.07, 6.45) is 2.39. The van der Waals surface area contributed by atoms with Gasteiger partial charge in [-0.15, -0.1) is 16.8 Å². The molecule has 1 aromatic carbocycles. The van der Waals surface area contributed by atoms with E-state index in [1.807, 2.05) is 18.2 Å². The molecule has 1 aromatic heterocycles. The molecule has 0 atom stereocenters. The Morgan fingerprint density at radius 2 is 2.10 bits per heavy atom. The van der Waals surface area contributed by atoms with Crippen LogP contribution in [0, 0.1) is 0 Å². The number of carbonyl (C=O) groups is 1. The van der Waals surface area contributed by atoms with Crippen LogP contribution in [-0.2, 0) is 11.2 Å². The van der Waals surface area contributed by atoms with E-state index in [4.69, 9.17) is 0 Å². The number of nitrogens with zero attached hydrogens (tertiary/aromatic N) is 2. The third kappa shape index (κ3) is 4.47. The van der Waals surface area contributed by atoms with E-state index < -0.39 is 0 Å². The summed E-state index contributed by atoms with van der Waals surface area (Å²) in [5, 5.41) is 15.4. The van der Waals surface area contributed by atoms with Crippen molar-refractivity contribution in [2.24, 2.45) is 0 Å². The second-order valence-electron chi connectivity index (χ2n) is 4.11. The molecule has 5 nitrogen and oxygen atoms in total. The second kappa shape index (κ2) is 7.40. The molecule has 2 rings (SSSR count). The lowest BCUT2D eigenvalue weighted by Gasteiger charge is -2.02. The largest absolute Gasteiger partial charge is 0.351 e. The molecule has 0 saturated heterocycles. The van der Waals surface area contributed by atoms with Gasteiger partial charge in [-0.25, -0.2) is 0 Å². The molecule has 0 unspecified atom stereocenters. The zero-order chi connectivity index (χ0) is 14.2. The maximum Gasteiger partial charge on any atom is 0.239 e. The summed E-state index contributed by atoms with van der Waals surface area (Å²) >= 11 is 1.46. The first-order chi connectivity index (χ1) is 9.78. The van der Waals surface area contributed by atoms with Crippen molar-refractivity contribution < 1.29 is 4.79 Å². The summed E-state index contributed by atoms with van der Waals surface area (Å²) in [4.78, 5) is 11.4. The van der Waals surface area contributed by atoms with E-state index in [1.54, 1.807) is 6.08 Å². The summed E-state index contributed by atoms with van der Waals surface area (Å²) < 4.78 is 0. The van der Waals surface area contributed by atoms with Crippen LogP contribution in [0.3, 0.4) is 0 Å². The van der Waals surface area contributed by atoms with Crippen molar-refractivity contribution in [1.29, 1.82) is 0 Å². The Hall–Kier alpha value is -2.21. The average Bonchev–Trinajstić information content (AvgIpc) is 2.91. The third-order valence-electron chi connectivity index (χ3n) is 2.51. The SMILES string of the molecule is C=CCNC(=O)CNc1nnc(Cc2ccccc2)s1. The topological polar surface area (TPSA) is 66.9 Å². The highest BCUT2D eigenvalue weighted by Gasteiger charge is 2.06. The fourth-order valence-corrected chi connectivity index (χ4v) is 2.34. The van der Waals surface area contributed by atoms with Crippen molar-refractivity contribution in [1.82, 2.24) is 15.5 Å². The summed E-state index contributed by atoms with van der Waals surface area (Å²) in [5.74, 6) is -0.0929. The predicted molar refractivity (Wildman–Crippen MR) is 80.9 cm³/mol. The Morgan fingerprint density at radius 3 is 2.85 bits per heavy atom. The maximum atomic E-state index is 11.4. The molecular formula is C14H16N4OS. The summed E-state index contributed by atoms with van der Waals surface area (Å²) in [7, 11) is 0. The molecule has 0 fully saturated rings. The van der Waals surface area contributed by atoms with Gasteiger partial charge in [0.15, 0.2) is 0 Å². The van der Waals surface area contributed by atoms with Crippen LogP contribution in [0.5, 0.6) is 0 Å². The normalized spacial score (nSPS) is 10.0. The molecule has 0 saturated carbocycles. The number of amides is 1. The van der Waals surface area contributed by atoms with Crippen LogP contribution in [0.4, 0.5) is 5.13 Å². The van der Waals surface area contributed by atoms with Crippen LogP contribution in [0.25, 0.3) is 0 Å². The Kier molecular flexibility index (Phi) is 5.25. The lowest BCUT2D eigenvalue weighted by molar-refractivity contribution is -0.119. The van der Waals surface area contributed by atoms with Gasteiger partial charge in [0.1, 0.15) is 5.01 Å². The van der Waals surface area contributed by atoms with Crippen LogP contribution >= 0.6 is 11.3 Å². The quantitative estimate of drug-likeness (QED) is 0.763. The van der Waals surface area contributed by atoms with Gasteiger partial charge in [0.05, 0.1) is 6.54 Å². The van der Waals surface area contributed by atoms with Crippen LogP contribution in [0.15, 0.2) is 43.0 Å². The van der Waals surface area contributed by atoms with Crippen LogP contribution in [0.2, 0.25) is 0 Å². The molecular weight excluding hydrogens is 272 g/mol. The highest BCUT2D eigenvalue weighted by Crippen LogP contribution is 2.18. The first-order valence-electron chi connectivity index (χ1n) is 6.25. The summed E-state index contributed by atoms with van der Waals surface area (Å²) in [6.45, 7) is 4.20. The van der Waals surface area contributed by atoms with Gasteiger partial charge < -0.3 is 10.6 Å². The minimum Gasteiger partial charge on any atom is -0.351 e. The molecule has 2 N–H and O–H groups in total. The zero-order valence-corrected chi connectivity index (χ0v) is 11.8. The zero-order valence-electron chi connectivity index (χ0n) is 11.0. The van der Waals surface area contributed by atoms with Crippen molar-refractivity contribution in [3.63, 3.8) is 0 Å². The molecule has 0 radical (unpaired) electrons. The molecule has 1 heterocycles.